The third-order valence-corrected chi connectivity index (χ3v) is 4.93. The van der Waals surface area contributed by atoms with Crippen molar-refractivity contribution >= 4 is 17.5 Å². The van der Waals surface area contributed by atoms with Crippen molar-refractivity contribution < 1.29 is 9.53 Å². The predicted molar refractivity (Wildman–Crippen MR) is 113 cm³/mol. The molecule has 1 aliphatic heterocycles. The van der Waals surface area contributed by atoms with E-state index in [1.54, 1.807) is 24.5 Å². The Bertz CT molecular complexity index is 965. The van der Waals surface area contributed by atoms with E-state index >= 15 is 0 Å². The van der Waals surface area contributed by atoms with Gasteiger partial charge in [0.05, 0.1) is 6.10 Å². The highest BCUT2D eigenvalue weighted by Crippen LogP contribution is 2.20. The van der Waals surface area contributed by atoms with Gasteiger partial charge in [-0.1, -0.05) is 35.9 Å². The quantitative estimate of drug-likeness (QED) is 0.665. The maximum absolute atomic E-state index is 12.4. The van der Waals surface area contributed by atoms with Crippen molar-refractivity contribution in [2.75, 3.05) is 18.5 Å². The lowest BCUT2D eigenvalue weighted by Crippen LogP contribution is -2.31. The van der Waals surface area contributed by atoms with E-state index in [0.717, 1.165) is 36.3 Å². The van der Waals surface area contributed by atoms with Gasteiger partial charge in [-0.2, -0.15) is 0 Å². The topological polar surface area (TPSA) is 76.1 Å². The number of hydrogen-bond donors (Lipinski definition) is 2. The Labute approximate surface area is 170 Å². The molecule has 1 amide bonds. The summed E-state index contributed by atoms with van der Waals surface area (Å²) in [5.74, 6) is 0.373. The lowest BCUT2D eigenvalue weighted by atomic mass is 10.1. The van der Waals surface area contributed by atoms with Crippen LogP contribution in [0.1, 0.15) is 28.8 Å². The number of hydrogen-bond acceptors (Lipinski definition) is 5. The molecular weight excluding hydrogens is 364 g/mol. The lowest BCUT2D eigenvalue weighted by Gasteiger charge is -2.11. The summed E-state index contributed by atoms with van der Waals surface area (Å²) in [4.78, 5) is 21.2. The summed E-state index contributed by atoms with van der Waals surface area (Å²) in [6.07, 6.45) is 5.76. The fraction of sp³-hybridized carbons (Fsp3) is 0.261. The molecule has 0 saturated carbocycles. The summed E-state index contributed by atoms with van der Waals surface area (Å²) in [6.45, 7) is 3.38. The number of carbonyl (C=O) groups is 1. The molecule has 1 fully saturated rings. The SMILES string of the molecule is Cc1ccc(-c2cnc(Nc3cccc(C(=O)NCC4CCCO4)c3)nc2)cc1. The summed E-state index contributed by atoms with van der Waals surface area (Å²) < 4.78 is 5.55. The average Bonchev–Trinajstić information content (AvgIpc) is 3.27. The molecule has 29 heavy (non-hydrogen) atoms. The first kappa shape index (κ1) is 19.1. The Kier molecular flexibility index (Phi) is 5.81. The minimum absolute atomic E-state index is 0.111. The van der Waals surface area contributed by atoms with Crippen LogP contribution in [0.4, 0.5) is 11.6 Å². The maximum atomic E-state index is 12.4. The van der Waals surface area contributed by atoms with Gasteiger partial charge in [-0.3, -0.25) is 4.79 Å². The molecule has 4 rings (SSSR count). The van der Waals surface area contributed by atoms with E-state index in [1.807, 2.05) is 12.1 Å². The summed E-state index contributed by atoms with van der Waals surface area (Å²) in [6, 6.07) is 15.5. The van der Waals surface area contributed by atoms with Crippen molar-refractivity contribution in [1.29, 1.82) is 0 Å². The van der Waals surface area contributed by atoms with Crippen LogP contribution < -0.4 is 10.6 Å². The third-order valence-electron chi connectivity index (χ3n) is 4.93. The molecule has 148 valence electrons. The van der Waals surface area contributed by atoms with Crippen molar-refractivity contribution in [2.24, 2.45) is 0 Å². The van der Waals surface area contributed by atoms with Gasteiger partial charge in [0.2, 0.25) is 5.95 Å². The average molecular weight is 388 g/mol. The van der Waals surface area contributed by atoms with Gasteiger partial charge < -0.3 is 15.4 Å². The monoisotopic (exact) mass is 388 g/mol. The Morgan fingerprint density at radius 3 is 2.62 bits per heavy atom. The molecule has 0 aliphatic carbocycles. The van der Waals surface area contributed by atoms with E-state index in [2.05, 4.69) is 51.8 Å². The van der Waals surface area contributed by atoms with Crippen LogP contribution >= 0.6 is 0 Å². The molecule has 0 spiro atoms. The van der Waals surface area contributed by atoms with Crippen molar-refractivity contribution in [3.8, 4) is 11.1 Å². The zero-order valence-corrected chi connectivity index (χ0v) is 16.4. The van der Waals surface area contributed by atoms with E-state index in [9.17, 15) is 4.79 Å². The Balaban J connectivity index is 1.39. The number of benzene rings is 2. The molecule has 2 heterocycles. The van der Waals surface area contributed by atoms with Crippen molar-refractivity contribution in [3.05, 3.63) is 72.1 Å². The molecule has 0 bridgehead atoms. The molecule has 0 radical (unpaired) electrons. The van der Waals surface area contributed by atoms with Gasteiger partial charge in [-0.25, -0.2) is 9.97 Å². The normalized spacial score (nSPS) is 15.8. The largest absolute Gasteiger partial charge is 0.376 e. The van der Waals surface area contributed by atoms with Crippen LogP contribution in [-0.4, -0.2) is 35.1 Å². The zero-order valence-electron chi connectivity index (χ0n) is 16.4. The second-order valence-electron chi connectivity index (χ2n) is 7.21. The lowest BCUT2D eigenvalue weighted by molar-refractivity contribution is 0.0858. The van der Waals surface area contributed by atoms with E-state index in [4.69, 9.17) is 4.74 Å². The fourth-order valence-electron chi connectivity index (χ4n) is 3.27. The van der Waals surface area contributed by atoms with Gasteiger partial charge in [-0.05, 0) is 43.5 Å². The number of anilines is 2. The number of amides is 1. The first-order chi connectivity index (χ1) is 14.2. The molecule has 1 unspecified atom stereocenters. The Morgan fingerprint density at radius 1 is 1.10 bits per heavy atom. The molecule has 2 aromatic carbocycles. The highest BCUT2D eigenvalue weighted by molar-refractivity contribution is 5.95. The van der Waals surface area contributed by atoms with Crippen molar-refractivity contribution in [1.82, 2.24) is 15.3 Å². The van der Waals surface area contributed by atoms with Crippen molar-refractivity contribution in [2.45, 2.75) is 25.9 Å². The minimum atomic E-state index is -0.111. The number of aryl methyl sites for hydroxylation is 1. The maximum Gasteiger partial charge on any atom is 0.251 e. The van der Waals surface area contributed by atoms with Gasteiger partial charge in [-0.15, -0.1) is 0 Å². The summed E-state index contributed by atoms with van der Waals surface area (Å²) >= 11 is 0. The number of aromatic nitrogens is 2. The standard InChI is InChI=1S/C23H24N4O2/c1-16-7-9-17(10-8-16)19-13-25-23(26-14-19)27-20-5-2-4-18(12-20)22(28)24-15-21-6-3-11-29-21/h2,4-5,7-10,12-14,21H,3,6,11,15H2,1H3,(H,24,28)(H,25,26,27). The first-order valence-electron chi connectivity index (χ1n) is 9.83. The van der Waals surface area contributed by atoms with Crippen molar-refractivity contribution in [3.63, 3.8) is 0 Å². The second kappa shape index (κ2) is 8.84. The third kappa shape index (κ3) is 4.97. The summed E-state index contributed by atoms with van der Waals surface area (Å²) in [5, 5.41) is 6.10. The van der Waals surface area contributed by atoms with Crippen LogP contribution in [0.2, 0.25) is 0 Å². The number of nitrogens with zero attached hydrogens (tertiary/aromatic N) is 2. The van der Waals surface area contributed by atoms with Gasteiger partial charge >= 0.3 is 0 Å². The van der Waals surface area contributed by atoms with Crippen LogP contribution in [0.25, 0.3) is 11.1 Å². The highest BCUT2D eigenvalue weighted by atomic mass is 16.5. The Morgan fingerprint density at radius 2 is 1.90 bits per heavy atom. The summed E-state index contributed by atoms with van der Waals surface area (Å²) in [5.41, 5.74) is 4.60. The van der Waals surface area contributed by atoms with E-state index in [-0.39, 0.29) is 12.0 Å². The van der Waals surface area contributed by atoms with Crippen LogP contribution in [0.3, 0.4) is 0 Å². The van der Waals surface area contributed by atoms with Gasteiger partial charge in [0.1, 0.15) is 0 Å². The molecule has 1 aliphatic rings. The molecule has 1 aromatic heterocycles. The van der Waals surface area contributed by atoms with Gasteiger partial charge in [0, 0.05) is 42.4 Å². The molecular formula is C23H24N4O2. The van der Waals surface area contributed by atoms with Gasteiger partial charge in [0.15, 0.2) is 0 Å². The van der Waals surface area contributed by atoms with Crippen LogP contribution in [-0.2, 0) is 4.74 Å². The first-order valence-corrected chi connectivity index (χ1v) is 9.83. The smallest absolute Gasteiger partial charge is 0.251 e. The second-order valence-corrected chi connectivity index (χ2v) is 7.21. The van der Waals surface area contributed by atoms with Crippen LogP contribution in [0, 0.1) is 6.92 Å². The van der Waals surface area contributed by atoms with E-state index in [1.165, 1.54) is 5.56 Å². The molecule has 2 N–H and O–H groups in total. The number of ether oxygens (including phenoxy) is 1. The predicted octanol–water partition coefficient (Wildman–Crippen LogP) is 4.10. The zero-order chi connectivity index (χ0) is 20.1. The molecule has 1 saturated heterocycles. The number of rotatable bonds is 6. The van der Waals surface area contributed by atoms with Crippen LogP contribution in [0.5, 0.6) is 0 Å². The van der Waals surface area contributed by atoms with E-state index < -0.39 is 0 Å². The molecule has 6 nitrogen and oxygen atoms in total. The van der Waals surface area contributed by atoms with E-state index in [0.29, 0.717) is 18.1 Å². The fourth-order valence-corrected chi connectivity index (χ4v) is 3.27. The molecule has 3 aromatic rings. The Hall–Kier alpha value is -3.25. The molecule has 6 heteroatoms. The summed E-state index contributed by atoms with van der Waals surface area (Å²) in [7, 11) is 0. The molecule has 1 atom stereocenters. The number of nitrogens with one attached hydrogen (secondary N) is 2. The van der Waals surface area contributed by atoms with Gasteiger partial charge in [0.25, 0.3) is 5.91 Å². The number of carbonyl (C=O) groups excluding carboxylic acids is 1. The highest BCUT2D eigenvalue weighted by Gasteiger charge is 2.16. The van der Waals surface area contributed by atoms with Crippen LogP contribution in [0.15, 0.2) is 60.9 Å². The minimum Gasteiger partial charge on any atom is -0.376 e.